The number of rotatable bonds is 2. The summed E-state index contributed by atoms with van der Waals surface area (Å²) in [6, 6.07) is 0. The molecule has 5 heteroatoms. The fourth-order valence-corrected chi connectivity index (χ4v) is 3.00. The first kappa shape index (κ1) is 10.1. The third-order valence-corrected chi connectivity index (χ3v) is 3.87. The van der Waals surface area contributed by atoms with E-state index in [9.17, 15) is 0 Å². The maximum atomic E-state index is 5.38. The van der Waals surface area contributed by atoms with Crippen LogP contribution in [0.15, 0.2) is 4.52 Å². The number of aromatic nitrogens is 2. The fourth-order valence-electron chi connectivity index (χ4n) is 3.00. The van der Waals surface area contributed by atoms with Gasteiger partial charge in [0.25, 0.3) is 5.95 Å². The lowest BCUT2D eigenvalue weighted by atomic mass is 9.85. The third kappa shape index (κ3) is 1.42. The van der Waals surface area contributed by atoms with Gasteiger partial charge < -0.3 is 14.3 Å². The smallest absolute Gasteiger partial charge is 0.265 e. The zero-order chi connectivity index (χ0) is 11.3. The summed E-state index contributed by atoms with van der Waals surface area (Å²) in [5.41, 5.74) is 0. The Morgan fingerprint density at radius 2 is 2.12 bits per heavy atom. The van der Waals surface area contributed by atoms with Crippen LogP contribution in [-0.2, 0) is 0 Å². The highest BCUT2D eigenvalue weighted by atomic mass is 16.5. The van der Waals surface area contributed by atoms with Crippen LogP contribution in [-0.4, -0.2) is 48.8 Å². The van der Waals surface area contributed by atoms with Gasteiger partial charge in [0.15, 0.2) is 0 Å². The largest absolute Gasteiger partial charge is 0.344 e. The fraction of sp³-hybridized carbons (Fsp3) is 0.818. The van der Waals surface area contributed by atoms with Gasteiger partial charge in [0, 0.05) is 33.7 Å². The summed E-state index contributed by atoms with van der Waals surface area (Å²) in [5, 5.41) is 3.99. The summed E-state index contributed by atoms with van der Waals surface area (Å²) in [6.45, 7) is 5.84. The second-order valence-corrected chi connectivity index (χ2v) is 5.29. The normalized spacial score (nSPS) is 36.9. The topological polar surface area (TPSA) is 45.4 Å². The number of nitrogens with zero attached hydrogens (tertiary/aromatic N) is 4. The molecular weight excluding hydrogens is 204 g/mol. The van der Waals surface area contributed by atoms with E-state index in [1.54, 1.807) is 0 Å². The van der Waals surface area contributed by atoms with Crippen molar-refractivity contribution in [2.24, 2.45) is 11.8 Å². The average Bonchev–Trinajstić information content (AvgIpc) is 2.89. The van der Waals surface area contributed by atoms with E-state index in [0.717, 1.165) is 18.4 Å². The third-order valence-electron chi connectivity index (χ3n) is 3.87. The second-order valence-electron chi connectivity index (χ2n) is 5.29. The molecule has 2 fully saturated rings. The molecule has 4 unspecified atom stereocenters. The average molecular weight is 222 g/mol. The number of piperidine rings is 1. The Balaban J connectivity index is 1.82. The molecule has 0 aliphatic carbocycles. The molecule has 0 saturated carbocycles. The van der Waals surface area contributed by atoms with E-state index < -0.39 is 0 Å². The van der Waals surface area contributed by atoms with Crippen molar-refractivity contribution in [3.63, 3.8) is 0 Å². The van der Waals surface area contributed by atoms with Gasteiger partial charge >= 0.3 is 0 Å². The number of fused-ring (bicyclic) bond motifs is 2. The van der Waals surface area contributed by atoms with Gasteiger partial charge in [-0.05, 0) is 17.0 Å². The first-order valence-corrected chi connectivity index (χ1v) is 5.88. The van der Waals surface area contributed by atoms with Crippen molar-refractivity contribution in [1.82, 2.24) is 15.0 Å². The molecule has 5 nitrogen and oxygen atoms in total. The molecule has 2 bridgehead atoms. The Morgan fingerprint density at radius 1 is 1.31 bits per heavy atom. The lowest BCUT2D eigenvalue weighted by molar-refractivity contribution is 0.247. The van der Waals surface area contributed by atoms with E-state index in [4.69, 9.17) is 4.52 Å². The number of hydrogen-bond donors (Lipinski definition) is 0. The number of anilines is 1. The molecule has 0 radical (unpaired) electrons. The highest BCUT2D eigenvalue weighted by Crippen LogP contribution is 2.42. The molecule has 0 spiro atoms. The summed E-state index contributed by atoms with van der Waals surface area (Å²) in [4.78, 5) is 8.84. The zero-order valence-electron chi connectivity index (χ0n) is 10.1. The highest BCUT2D eigenvalue weighted by Gasteiger charge is 2.45. The summed E-state index contributed by atoms with van der Waals surface area (Å²) < 4.78 is 5.38. The predicted octanol–water partition coefficient (Wildman–Crippen LogP) is 0.801. The van der Waals surface area contributed by atoms with Gasteiger partial charge in [-0.25, -0.2) is 0 Å². The summed E-state index contributed by atoms with van der Waals surface area (Å²) in [5.74, 6) is 3.41. The molecule has 2 saturated heterocycles. The molecule has 4 atom stereocenters. The van der Waals surface area contributed by atoms with Crippen molar-refractivity contribution in [3.05, 3.63) is 5.89 Å². The highest BCUT2D eigenvalue weighted by molar-refractivity contribution is 5.25. The monoisotopic (exact) mass is 222 g/mol. The van der Waals surface area contributed by atoms with Gasteiger partial charge in [0.1, 0.15) is 0 Å². The van der Waals surface area contributed by atoms with Crippen LogP contribution in [0.3, 0.4) is 0 Å². The summed E-state index contributed by atoms with van der Waals surface area (Å²) >= 11 is 0. The van der Waals surface area contributed by atoms with Crippen LogP contribution in [0.2, 0.25) is 0 Å². The van der Waals surface area contributed by atoms with Gasteiger partial charge in [-0.3, -0.25) is 0 Å². The maximum absolute atomic E-state index is 5.38. The molecule has 16 heavy (non-hydrogen) atoms. The van der Waals surface area contributed by atoms with Gasteiger partial charge in [-0.1, -0.05) is 6.92 Å². The first-order chi connectivity index (χ1) is 7.65. The molecule has 0 amide bonds. The van der Waals surface area contributed by atoms with Crippen molar-refractivity contribution >= 4 is 5.95 Å². The molecule has 0 aromatic carbocycles. The van der Waals surface area contributed by atoms with Crippen LogP contribution in [0.5, 0.6) is 0 Å². The Labute approximate surface area is 95.4 Å². The Bertz CT molecular complexity index is 389. The van der Waals surface area contributed by atoms with Gasteiger partial charge in [-0.2, -0.15) is 4.98 Å². The molecule has 2 aliphatic rings. The van der Waals surface area contributed by atoms with Gasteiger partial charge in [0.2, 0.25) is 5.89 Å². The molecule has 3 rings (SSSR count). The van der Waals surface area contributed by atoms with Crippen molar-refractivity contribution in [2.75, 3.05) is 38.6 Å². The quantitative estimate of drug-likeness (QED) is 0.740. The molecule has 0 N–H and O–H groups in total. The number of hydrogen-bond acceptors (Lipinski definition) is 5. The lowest BCUT2D eigenvalue weighted by Gasteiger charge is -2.24. The van der Waals surface area contributed by atoms with E-state index in [-0.39, 0.29) is 0 Å². The van der Waals surface area contributed by atoms with Crippen LogP contribution < -0.4 is 4.90 Å². The lowest BCUT2D eigenvalue weighted by Crippen LogP contribution is -2.28. The van der Waals surface area contributed by atoms with Crippen molar-refractivity contribution < 1.29 is 4.52 Å². The van der Waals surface area contributed by atoms with Crippen LogP contribution in [0, 0.1) is 11.8 Å². The first-order valence-electron chi connectivity index (χ1n) is 5.88. The van der Waals surface area contributed by atoms with Crippen LogP contribution in [0.4, 0.5) is 5.95 Å². The van der Waals surface area contributed by atoms with E-state index in [1.807, 2.05) is 19.0 Å². The molecule has 1 aromatic rings. The summed E-state index contributed by atoms with van der Waals surface area (Å²) in [6.07, 6.45) is 0. The second kappa shape index (κ2) is 3.45. The van der Waals surface area contributed by atoms with Crippen molar-refractivity contribution in [3.8, 4) is 0 Å². The van der Waals surface area contributed by atoms with E-state index >= 15 is 0 Å². The van der Waals surface area contributed by atoms with Gasteiger partial charge in [0.05, 0.1) is 5.92 Å². The molecule has 1 aromatic heterocycles. The minimum Gasteiger partial charge on any atom is -0.344 e. The summed E-state index contributed by atoms with van der Waals surface area (Å²) in [7, 11) is 3.86. The van der Waals surface area contributed by atoms with E-state index in [2.05, 4.69) is 22.0 Å². The SMILES string of the molecule is CC1CN2CC(c3nc(N(C)C)no3)C1C2. The standard InChI is InChI=1S/C11H18N4O/c1-7-4-15-5-8(7)9(6-15)10-12-11(13-16-10)14(2)3/h7-9H,4-6H2,1-3H3. The predicted molar refractivity (Wildman–Crippen MR) is 60.5 cm³/mol. The van der Waals surface area contributed by atoms with Crippen LogP contribution >= 0.6 is 0 Å². The van der Waals surface area contributed by atoms with Crippen LogP contribution in [0.1, 0.15) is 18.7 Å². The van der Waals surface area contributed by atoms with Crippen molar-refractivity contribution in [1.29, 1.82) is 0 Å². The van der Waals surface area contributed by atoms with E-state index in [1.165, 1.54) is 13.1 Å². The van der Waals surface area contributed by atoms with Crippen LogP contribution in [0.25, 0.3) is 0 Å². The minimum absolute atomic E-state index is 0.449. The zero-order valence-corrected chi connectivity index (χ0v) is 10.1. The van der Waals surface area contributed by atoms with E-state index in [0.29, 0.717) is 17.8 Å². The molecule has 2 aliphatic heterocycles. The Hall–Kier alpha value is -1.10. The Kier molecular flexibility index (Phi) is 2.17. The maximum Gasteiger partial charge on any atom is 0.265 e. The molecular formula is C11H18N4O. The molecule has 3 heterocycles. The van der Waals surface area contributed by atoms with Crippen molar-refractivity contribution in [2.45, 2.75) is 12.8 Å². The Morgan fingerprint density at radius 3 is 2.69 bits per heavy atom. The molecule has 88 valence electrons. The minimum atomic E-state index is 0.449. The van der Waals surface area contributed by atoms with Gasteiger partial charge in [-0.15, -0.1) is 0 Å².